The maximum Gasteiger partial charge on any atom is 0.164 e. The van der Waals surface area contributed by atoms with Gasteiger partial charge in [-0.1, -0.05) is 103 Å². The lowest BCUT2D eigenvalue weighted by atomic mass is 9.65. The molecule has 10 aromatic rings. The van der Waals surface area contributed by atoms with Crippen molar-refractivity contribution in [1.82, 2.24) is 19.9 Å². The SMILES string of the molecule is c1ccc(-c2nc(-c3ccccc3)nc(-c3cccc(N4c5cc6ccccc6cc5C5(c6cc7cccnc7cc64)c4ccsc4-c4sccc45)c3)n2)cc1. The summed E-state index contributed by atoms with van der Waals surface area (Å²) < 4.78 is 0. The molecule has 56 heavy (non-hydrogen) atoms. The van der Waals surface area contributed by atoms with E-state index in [0.717, 1.165) is 44.7 Å². The molecule has 0 saturated heterocycles. The van der Waals surface area contributed by atoms with Crippen LogP contribution in [0, 0.1) is 0 Å². The highest BCUT2D eigenvalue weighted by Crippen LogP contribution is 2.66. The Balaban J connectivity index is 1.14. The van der Waals surface area contributed by atoms with E-state index in [4.69, 9.17) is 19.9 Å². The van der Waals surface area contributed by atoms with E-state index in [0.29, 0.717) is 17.5 Å². The van der Waals surface area contributed by atoms with Crippen molar-refractivity contribution in [3.63, 3.8) is 0 Å². The van der Waals surface area contributed by atoms with Gasteiger partial charge in [0.25, 0.3) is 0 Å². The van der Waals surface area contributed by atoms with Gasteiger partial charge in [-0.3, -0.25) is 4.98 Å². The molecule has 2 aliphatic rings. The molecule has 12 rings (SSSR count). The van der Waals surface area contributed by atoms with Crippen molar-refractivity contribution < 1.29 is 0 Å². The predicted octanol–water partition coefficient (Wildman–Crippen LogP) is 12.8. The standard InChI is InChI=1S/C49H29N5S2/c1-3-11-30(12-4-1)46-51-47(31-13-5-2-6-14-31)53-48(52-46)35-17-9-19-36(25-35)54-42-28-33-16-8-7-15-32(33)26-39(42)49(37-20-23-55-44(37)45-38(49)21-24-56-45)40-27-34-18-10-22-50-41(34)29-43(40)54/h1-29H. The number of rotatable bonds is 4. The van der Waals surface area contributed by atoms with Gasteiger partial charge in [0.2, 0.25) is 0 Å². The molecular formula is C49H29N5S2. The summed E-state index contributed by atoms with van der Waals surface area (Å²) in [4.78, 5) is 25.2. The lowest BCUT2D eigenvalue weighted by Crippen LogP contribution is -2.36. The highest BCUT2D eigenvalue weighted by Gasteiger charge is 2.53. The van der Waals surface area contributed by atoms with Gasteiger partial charge in [0.15, 0.2) is 17.5 Å². The van der Waals surface area contributed by atoms with Crippen molar-refractivity contribution in [1.29, 1.82) is 0 Å². The molecule has 4 aromatic heterocycles. The summed E-state index contributed by atoms with van der Waals surface area (Å²) in [6, 6.07) is 56.1. The summed E-state index contributed by atoms with van der Waals surface area (Å²) in [6.07, 6.45) is 1.89. The van der Waals surface area contributed by atoms with Crippen LogP contribution in [0.4, 0.5) is 17.1 Å². The molecular weight excluding hydrogens is 723 g/mol. The number of hydrogen-bond donors (Lipinski definition) is 0. The maximum absolute atomic E-state index is 5.10. The number of benzene rings is 6. The average molecular weight is 752 g/mol. The van der Waals surface area contributed by atoms with E-state index in [1.54, 1.807) is 0 Å². The Morgan fingerprint density at radius 1 is 0.429 bits per heavy atom. The Kier molecular flexibility index (Phi) is 6.82. The van der Waals surface area contributed by atoms with Gasteiger partial charge in [-0.2, -0.15) is 0 Å². The van der Waals surface area contributed by atoms with Crippen LogP contribution in [0.3, 0.4) is 0 Å². The Labute approximate surface area is 330 Å². The van der Waals surface area contributed by atoms with Crippen molar-refractivity contribution in [3.8, 4) is 43.9 Å². The average Bonchev–Trinajstić information content (AvgIpc) is 4.00. The number of thiophene rings is 2. The van der Waals surface area contributed by atoms with E-state index < -0.39 is 5.41 Å². The van der Waals surface area contributed by atoms with E-state index >= 15 is 0 Å². The Hall–Kier alpha value is -6.80. The van der Waals surface area contributed by atoms with E-state index in [9.17, 15) is 0 Å². The van der Waals surface area contributed by atoms with E-state index in [2.05, 4.69) is 107 Å². The highest BCUT2D eigenvalue weighted by atomic mass is 32.1. The number of nitrogens with zero attached hydrogens (tertiary/aromatic N) is 5. The van der Waals surface area contributed by atoms with Crippen LogP contribution >= 0.6 is 22.7 Å². The Morgan fingerprint density at radius 2 is 0.964 bits per heavy atom. The van der Waals surface area contributed by atoms with Gasteiger partial charge in [0, 0.05) is 43.7 Å². The summed E-state index contributed by atoms with van der Waals surface area (Å²) in [5.41, 5.74) is 11.7. The molecule has 262 valence electrons. The molecule has 1 spiro atoms. The summed E-state index contributed by atoms with van der Waals surface area (Å²) >= 11 is 3.69. The molecule has 0 radical (unpaired) electrons. The van der Waals surface area contributed by atoms with Gasteiger partial charge in [0.1, 0.15) is 0 Å². The molecule has 0 bridgehead atoms. The highest BCUT2D eigenvalue weighted by molar-refractivity contribution is 7.21. The summed E-state index contributed by atoms with van der Waals surface area (Å²) in [7, 11) is 0. The van der Waals surface area contributed by atoms with Gasteiger partial charge >= 0.3 is 0 Å². The van der Waals surface area contributed by atoms with Crippen LogP contribution in [0.25, 0.3) is 65.6 Å². The molecule has 1 aliphatic carbocycles. The van der Waals surface area contributed by atoms with Gasteiger partial charge in [0.05, 0.1) is 22.3 Å². The molecule has 6 aromatic carbocycles. The maximum atomic E-state index is 5.10. The fourth-order valence-electron chi connectivity index (χ4n) is 8.87. The van der Waals surface area contributed by atoms with E-state index in [-0.39, 0.29) is 0 Å². The van der Waals surface area contributed by atoms with Gasteiger partial charge in [-0.15, -0.1) is 22.7 Å². The first-order valence-corrected chi connectivity index (χ1v) is 20.4. The van der Waals surface area contributed by atoms with Crippen molar-refractivity contribution in [2.75, 3.05) is 4.90 Å². The molecule has 5 heterocycles. The van der Waals surface area contributed by atoms with E-state index in [1.165, 1.54) is 42.8 Å². The van der Waals surface area contributed by atoms with Crippen molar-refractivity contribution in [2.45, 2.75) is 5.41 Å². The minimum absolute atomic E-state index is 0.499. The number of fused-ring (bicyclic) bond motifs is 11. The number of hydrogen-bond acceptors (Lipinski definition) is 7. The third-order valence-electron chi connectivity index (χ3n) is 11.3. The lowest BCUT2D eigenvalue weighted by Gasteiger charge is -2.45. The first-order chi connectivity index (χ1) is 27.7. The van der Waals surface area contributed by atoms with Gasteiger partial charge in [-0.05, 0) is 98.4 Å². The largest absolute Gasteiger partial charge is 0.310 e. The fraction of sp³-hybridized carbons (Fsp3) is 0.0204. The quantitative estimate of drug-likeness (QED) is 0.179. The Morgan fingerprint density at radius 3 is 1.62 bits per heavy atom. The van der Waals surface area contributed by atoms with Crippen LogP contribution in [-0.2, 0) is 5.41 Å². The first kappa shape index (κ1) is 31.5. The number of anilines is 3. The monoisotopic (exact) mass is 751 g/mol. The minimum atomic E-state index is -0.499. The zero-order valence-corrected chi connectivity index (χ0v) is 31.4. The number of aromatic nitrogens is 4. The zero-order chi connectivity index (χ0) is 36.8. The van der Waals surface area contributed by atoms with Crippen LogP contribution in [0.15, 0.2) is 175 Å². The second-order valence-corrected chi connectivity index (χ2v) is 16.1. The first-order valence-electron chi connectivity index (χ1n) is 18.6. The fourth-order valence-corrected chi connectivity index (χ4v) is 11.0. The second kappa shape index (κ2) is 12.1. The van der Waals surface area contributed by atoms with Crippen molar-refractivity contribution in [2.24, 2.45) is 0 Å². The molecule has 0 unspecified atom stereocenters. The molecule has 0 fully saturated rings. The van der Waals surface area contributed by atoms with Gasteiger partial charge < -0.3 is 4.90 Å². The molecule has 1 aliphatic heterocycles. The molecule has 5 nitrogen and oxygen atoms in total. The third kappa shape index (κ3) is 4.53. The smallest absolute Gasteiger partial charge is 0.164 e. The summed E-state index contributed by atoms with van der Waals surface area (Å²) in [5, 5.41) is 8.05. The zero-order valence-electron chi connectivity index (χ0n) is 29.8. The molecule has 0 saturated carbocycles. The predicted molar refractivity (Wildman–Crippen MR) is 230 cm³/mol. The van der Waals surface area contributed by atoms with Crippen LogP contribution in [0.1, 0.15) is 22.3 Å². The third-order valence-corrected chi connectivity index (χ3v) is 13.3. The summed E-state index contributed by atoms with van der Waals surface area (Å²) in [6.45, 7) is 0. The van der Waals surface area contributed by atoms with Crippen LogP contribution in [0.2, 0.25) is 0 Å². The minimum Gasteiger partial charge on any atom is -0.310 e. The van der Waals surface area contributed by atoms with Crippen LogP contribution in [-0.4, -0.2) is 19.9 Å². The number of pyridine rings is 1. The second-order valence-electron chi connectivity index (χ2n) is 14.3. The normalized spacial score (nSPS) is 13.5. The lowest BCUT2D eigenvalue weighted by molar-refractivity contribution is 0.759. The summed E-state index contributed by atoms with van der Waals surface area (Å²) in [5.74, 6) is 1.89. The molecule has 0 atom stereocenters. The topological polar surface area (TPSA) is 54.8 Å². The van der Waals surface area contributed by atoms with Crippen LogP contribution < -0.4 is 4.90 Å². The molecule has 0 N–H and O–H groups in total. The Bertz CT molecular complexity index is 2980. The van der Waals surface area contributed by atoms with Crippen molar-refractivity contribution in [3.05, 3.63) is 197 Å². The van der Waals surface area contributed by atoms with Gasteiger partial charge in [-0.25, -0.2) is 15.0 Å². The molecule has 0 amide bonds. The van der Waals surface area contributed by atoms with E-state index in [1.807, 2.05) is 95.6 Å². The molecule has 7 heteroatoms. The van der Waals surface area contributed by atoms with Crippen LogP contribution in [0.5, 0.6) is 0 Å². The van der Waals surface area contributed by atoms with Crippen molar-refractivity contribution >= 4 is 61.4 Å².